The third-order valence-corrected chi connectivity index (χ3v) is 8.20. The van der Waals surface area contributed by atoms with Crippen LogP contribution in [0.4, 0.5) is 4.39 Å². The van der Waals surface area contributed by atoms with E-state index in [1.54, 1.807) is 19.1 Å². The highest BCUT2D eigenvalue weighted by molar-refractivity contribution is 6.30. The predicted molar refractivity (Wildman–Crippen MR) is 102 cm³/mol. The Balaban J connectivity index is 1.82. The molecule has 0 heterocycles. The third-order valence-electron chi connectivity index (χ3n) is 7.96. The number of carbonyl (C=O) groups is 2. The maximum Gasteiger partial charge on any atom is 0.178 e. The quantitative estimate of drug-likeness (QED) is 0.720. The summed E-state index contributed by atoms with van der Waals surface area (Å²) < 4.78 is 16.8. The summed E-state index contributed by atoms with van der Waals surface area (Å²) in [6.45, 7) is 5.73. The molecule has 6 atom stereocenters. The summed E-state index contributed by atoms with van der Waals surface area (Å²) in [7, 11) is 0. The SMILES string of the molecule is CC1=C(C(=O)CCl)C2(C)CC(O)C3(F)C(CCC4=CC(=O)C=CC43C)C2C1. The van der Waals surface area contributed by atoms with Gasteiger partial charge in [0.1, 0.15) is 0 Å². The van der Waals surface area contributed by atoms with Crippen LogP contribution in [0, 0.1) is 22.7 Å². The summed E-state index contributed by atoms with van der Waals surface area (Å²) in [6.07, 6.45) is 5.49. The van der Waals surface area contributed by atoms with Crippen LogP contribution in [-0.4, -0.2) is 34.3 Å². The number of hydrogen-bond donors (Lipinski definition) is 1. The molecule has 0 aromatic heterocycles. The highest BCUT2D eigenvalue weighted by atomic mass is 35.5. The van der Waals surface area contributed by atoms with Crippen molar-refractivity contribution in [3.8, 4) is 0 Å². The van der Waals surface area contributed by atoms with Gasteiger partial charge >= 0.3 is 0 Å². The number of rotatable bonds is 2. The smallest absolute Gasteiger partial charge is 0.178 e. The fraction of sp³-hybridized carbons (Fsp3) is 0.636. The molecule has 0 saturated heterocycles. The lowest BCUT2D eigenvalue weighted by molar-refractivity contribution is -0.185. The average molecular weight is 393 g/mol. The van der Waals surface area contributed by atoms with Crippen LogP contribution in [0.3, 0.4) is 0 Å². The van der Waals surface area contributed by atoms with E-state index >= 15 is 4.39 Å². The van der Waals surface area contributed by atoms with Gasteiger partial charge in [0, 0.05) is 22.3 Å². The zero-order valence-corrected chi connectivity index (χ0v) is 16.8. The molecule has 4 aliphatic rings. The summed E-state index contributed by atoms with van der Waals surface area (Å²) in [5, 5.41) is 11.1. The van der Waals surface area contributed by atoms with Crippen LogP contribution in [0.15, 0.2) is 34.9 Å². The molecule has 0 radical (unpaired) electrons. The van der Waals surface area contributed by atoms with Crippen LogP contribution in [0.1, 0.15) is 46.5 Å². The number of aliphatic hydroxyl groups excluding tert-OH is 1. The minimum atomic E-state index is -1.85. The Hall–Kier alpha value is -1.26. The monoisotopic (exact) mass is 392 g/mol. The van der Waals surface area contributed by atoms with Crippen LogP contribution in [0.2, 0.25) is 0 Å². The van der Waals surface area contributed by atoms with E-state index in [1.807, 2.05) is 13.8 Å². The van der Waals surface area contributed by atoms with Crippen molar-refractivity contribution in [3.05, 3.63) is 34.9 Å². The van der Waals surface area contributed by atoms with Gasteiger partial charge in [-0.25, -0.2) is 4.39 Å². The van der Waals surface area contributed by atoms with Crippen LogP contribution in [0.5, 0.6) is 0 Å². The van der Waals surface area contributed by atoms with Crippen molar-refractivity contribution in [1.82, 2.24) is 0 Å². The van der Waals surface area contributed by atoms with Crippen LogP contribution < -0.4 is 0 Å². The minimum absolute atomic E-state index is 0.0440. The molecule has 5 heteroatoms. The number of alkyl halides is 2. The normalized spacial score (nSPS) is 45.9. The molecule has 4 rings (SSSR count). The van der Waals surface area contributed by atoms with Crippen LogP contribution in [-0.2, 0) is 9.59 Å². The molecule has 0 aromatic carbocycles. The zero-order valence-electron chi connectivity index (χ0n) is 16.0. The van der Waals surface area contributed by atoms with Crippen molar-refractivity contribution in [3.63, 3.8) is 0 Å². The van der Waals surface area contributed by atoms with Crippen molar-refractivity contribution in [2.24, 2.45) is 22.7 Å². The molecule has 2 saturated carbocycles. The summed E-state index contributed by atoms with van der Waals surface area (Å²) in [5.74, 6) is -0.734. The Morgan fingerprint density at radius 2 is 2.07 bits per heavy atom. The number of allylic oxidation sites excluding steroid dienone is 6. The molecule has 2 fully saturated rings. The summed E-state index contributed by atoms with van der Waals surface area (Å²) in [6, 6.07) is 0. The first kappa shape index (κ1) is 19.1. The van der Waals surface area contributed by atoms with Gasteiger partial charge < -0.3 is 5.11 Å². The van der Waals surface area contributed by atoms with Crippen molar-refractivity contribution >= 4 is 23.2 Å². The molecule has 6 unspecified atom stereocenters. The summed E-state index contributed by atoms with van der Waals surface area (Å²) in [5.41, 5.74) is -0.941. The topological polar surface area (TPSA) is 54.4 Å². The van der Waals surface area contributed by atoms with Gasteiger partial charge in [-0.1, -0.05) is 24.1 Å². The average Bonchev–Trinajstić information content (AvgIpc) is 2.86. The summed E-state index contributed by atoms with van der Waals surface area (Å²) >= 11 is 5.85. The van der Waals surface area contributed by atoms with Crippen molar-refractivity contribution in [1.29, 1.82) is 0 Å². The number of Topliss-reactive ketones (excluding diaryl/α,β-unsaturated/α-hetero) is 1. The molecule has 0 aliphatic heterocycles. The lowest BCUT2D eigenvalue weighted by Gasteiger charge is -2.61. The van der Waals surface area contributed by atoms with E-state index in [4.69, 9.17) is 11.6 Å². The Labute approximate surface area is 164 Å². The highest BCUT2D eigenvalue weighted by Crippen LogP contribution is 2.68. The van der Waals surface area contributed by atoms with Crippen LogP contribution in [0.25, 0.3) is 0 Å². The lowest BCUT2D eigenvalue weighted by atomic mass is 9.45. The Morgan fingerprint density at radius 3 is 2.74 bits per heavy atom. The molecule has 4 aliphatic carbocycles. The first-order valence-electron chi connectivity index (χ1n) is 9.70. The van der Waals surface area contributed by atoms with E-state index in [1.165, 1.54) is 6.08 Å². The Kier molecular flexibility index (Phi) is 4.15. The van der Waals surface area contributed by atoms with E-state index in [2.05, 4.69) is 0 Å². The second kappa shape index (κ2) is 5.87. The van der Waals surface area contributed by atoms with Gasteiger partial charge in [0.05, 0.1) is 12.0 Å². The molecule has 27 heavy (non-hydrogen) atoms. The first-order chi connectivity index (χ1) is 12.6. The number of hydrogen-bond acceptors (Lipinski definition) is 3. The molecule has 1 N–H and O–H groups in total. The van der Waals surface area contributed by atoms with E-state index in [9.17, 15) is 14.7 Å². The Morgan fingerprint density at radius 1 is 1.37 bits per heavy atom. The minimum Gasteiger partial charge on any atom is -0.390 e. The zero-order chi connectivity index (χ0) is 19.8. The van der Waals surface area contributed by atoms with Gasteiger partial charge in [0.15, 0.2) is 17.2 Å². The van der Waals surface area contributed by atoms with Gasteiger partial charge in [-0.2, -0.15) is 0 Å². The molecule has 3 nitrogen and oxygen atoms in total. The largest absolute Gasteiger partial charge is 0.390 e. The fourth-order valence-corrected chi connectivity index (χ4v) is 6.90. The molecule has 0 amide bonds. The summed E-state index contributed by atoms with van der Waals surface area (Å²) in [4.78, 5) is 24.4. The van der Waals surface area contributed by atoms with E-state index in [0.29, 0.717) is 24.8 Å². The standard InChI is InChI=1S/C22H26ClFO3/c1-12-8-16-15-5-4-13-9-14(25)6-7-21(13,3)22(15,24)18(27)10-20(16,2)19(12)17(26)11-23/h6-7,9,15-16,18,27H,4-5,8,10-11H2,1-3H3. The van der Waals surface area contributed by atoms with E-state index in [-0.39, 0.29) is 35.7 Å². The molecule has 0 bridgehead atoms. The lowest BCUT2D eigenvalue weighted by Crippen LogP contribution is -2.66. The first-order valence-corrected chi connectivity index (χ1v) is 10.2. The Bertz CT molecular complexity index is 827. The van der Waals surface area contributed by atoms with Gasteiger partial charge in [-0.05, 0) is 57.6 Å². The van der Waals surface area contributed by atoms with Gasteiger partial charge in [-0.3, -0.25) is 9.59 Å². The molecule has 0 spiro atoms. The van der Waals surface area contributed by atoms with Gasteiger partial charge in [-0.15, -0.1) is 11.6 Å². The molecule has 0 aromatic rings. The van der Waals surface area contributed by atoms with Crippen LogP contribution >= 0.6 is 11.6 Å². The fourth-order valence-electron chi connectivity index (χ4n) is 6.77. The number of ketones is 2. The second-order valence-electron chi connectivity index (χ2n) is 9.18. The van der Waals surface area contributed by atoms with E-state index < -0.39 is 22.6 Å². The number of fused-ring (bicyclic) bond motifs is 5. The van der Waals surface area contributed by atoms with Gasteiger partial charge in [0.25, 0.3) is 0 Å². The number of carbonyl (C=O) groups excluding carboxylic acids is 2. The molecular formula is C22H26ClFO3. The number of aliphatic hydroxyl groups is 1. The maximum atomic E-state index is 16.8. The second-order valence-corrected chi connectivity index (χ2v) is 9.45. The van der Waals surface area contributed by atoms with Crippen molar-refractivity contribution < 1.29 is 19.1 Å². The van der Waals surface area contributed by atoms with Gasteiger partial charge in [0.2, 0.25) is 0 Å². The maximum absolute atomic E-state index is 16.8. The molecular weight excluding hydrogens is 367 g/mol. The van der Waals surface area contributed by atoms with Crippen molar-refractivity contribution in [2.45, 2.75) is 58.2 Å². The predicted octanol–water partition coefficient (Wildman–Crippen LogP) is 4.09. The number of halogens is 2. The van der Waals surface area contributed by atoms with Crippen molar-refractivity contribution in [2.75, 3.05) is 5.88 Å². The van der Waals surface area contributed by atoms with E-state index in [0.717, 1.165) is 11.1 Å². The highest BCUT2D eigenvalue weighted by Gasteiger charge is 2.70. The molecule has 146 valence electrons. The third kappa shape index (κ3) is 2.23.